The van der Waals surface area contributed by atoms with Gasteiger partial charge in [-0.15, -0.1) is 11.8 Å². The van der Waals surface area contributed by atoms with E-state index in [-0.39, 0.29) is 17.3 Å². The van der Waals surface area contributed by atoms with Crippen LogP contribution in [0.2, 0.25) is 0 Å². The van der Waals surface area contributed by atoms with E-state index in [1.54, 1.807) is 6.07 Å². The molecule has 154 valence electrons. The fourth-order valence-corrected chi connectivity index (χ4v) is 4.97. The third-order valence-corrected chi connectivity index (χ3v) is 7.01. The van der Waals surface area contributed by atoms with Crippen molar-refractivity contribution in [2.24, 2.45) is 0 Å². The minimum Gasteiger partial charge on any atom is -0.324 e. The molecule has 0 saturated carbocycles. The molecule has 6 nitrogen and oxygen atoms in total. The van der Waals surface area contributed by atoms with Crippen LogP contribution in [0.5, 0.6) is 0 Å². The summed E-state index contributed by atoms with van der Waals surface area (Å²) < 4.78 is 37.4. The van der Waals surface area contributed by atoms with Gasteiger partial charge in [-0.2, -0.15) is 0 Å². The second-order valence-corrected chi connectivity index (χ2v) is 9.93. The van der Waals surface area contributed by atoms with Crippen molar-refractivity contribution in [2.45, 2.75) is 24.8 Å². The minimum absolute atomic E-state index is 0.0267. The second-order valence-electron chi connectivity index (χ2n) is 6.94. The van der Waals surface area contributed by atoms with Crippen LogP contribution in [0.4, 0.5) is 10.1 Å². The van der Waals surface area contributed by atoms with Gasteiger partial charge in [-0.05, 0) is 49.2 Å². The van der Waals surface area contributed by atoms with Crippen LogP contribution in [0.3, 0.4) is 0 Å². The molecule has 1 aliphatic rings. The molecule has 0 spiro atoms. The molecular formula is C20H21FN2O4S2. The van der Waals surface area contributed by atoms with Crippen LogP contribution in [-0.2, 0) is 14.6 Å². The first-order chi connectivity index (χ1) is 13.6. The zero-order valence-electron chi connectivity index (χ0n) is 16.2. The van der Waals surface area contributed by atoms with Gasteiger partial charge in [0.25, 0.3) is 5.91 Å². The summed E-state index contributed by atoms with van der Waals surface area (Å²) in [7, 11) is -3.82. The van der Waals surface area contributed by atoms with Crippen LogP contribution < -0.4 is 5.32 Å². The fraction of sp³-hybridized carbons (Fsp3) is 0.300. The summed E-state index contributed by atoms with van der Waals surface area (Å²) in [6.07, 6.45) is 0.881. The van der Waals surface area contributed by atoms with Crippen LogP contribution >= 0.6 is 11.8 Å². The van der Waals surface area contributed by atoms with Crippen LogP contribution in [-0.4, -0.2) is 49.1 Å². The van der Waals surface area contributed by atoms with Crippen LogP contribution in [0, 0.1) is 19.7 Å². The number of thioether (sulfide) groups is 1. The van der Waals surface area contributed by atoms with E-state index < -0.39 is 32.5 Å². The van der Waals surface area contributed by atoms with Crippen molar-refractivity contribution < 1.29 is 22.4 Å². The molecule has 1 aliphatic heterocycles. The maximum absolute atomic E-state index is 13.9. The molecule has 0 aromatic heterocycles. The van der Waals surface area contributed by atoms with Crippen molar-refractivity contribution in [1.82, 2.24) is 4.90 Å². The van der Waals surface area contributed by atoms with Crippen molar-refractivity contribution in [1.29, 1.82) is 0 Å². The number of hydrogen-bond donors (Lipinski definition) is 1. The SMILES string of the molecule is Cc1cccc(NC(=O)[C@@H]2CSCN2C(=O)c2ccc(F)c(S(C)(=O)=O)c2)c1C. The van der Waals surface area contributed by atoms with Crippen molar-refractivity contribution in [3.05, 3.63) is 58.9 Å². The monoisotopic (exact) mass is 436 g/mol. The normalized spacial score (nSPS) is 16.7. The van der Waals surface area contributed by atoms with E-state index in [0.717, 1.165) is 29.5 Å². The Morgan fingerprint density at radius 2 is 1.93 bits per heavy atom. The van der Waals surface area contributed by atoms with Crippen LogP contribution in [0.15, 0.2) is 41.3 Å². The van der Waals surface area contributed by atoms with Crippen molar-refractivity contribution in [3.63, 3.8) is 0 Å². The van der Waals surface area contributed by atoms with Gasteiger partial charge < -0.3 is 10.2 Å². The number of sulfone groups is 1. The summed E-state index contributed by atoms with van der Waals surface area (Å²) in [5.74, 6) is -1.04. The van der Waals surface area contributed by atoms with E-state index in [1.165, 1.54) is 22.7 Å². The summed E-state index contributed by atoms with van der Waals surface area (Å²) >= 11 is 1.42. The highest BCUT2D eigenvalue weighted by atomic mass is 32.2. The van der Waals surface area contributed by atoms with E-state index in [0.29, 0.717) is 11.4 Å². The number of halogens is 1. The zero-order chi connectivity index (χ0) is 21.3. The molecule has 2 amide bonds. The highest BCUT2D eigenvalue weighted by Crippen LogP contribution is 2.27. The lowest BCUT2D eigenvalue weighted by molar-refractivity contribution is -0.119. The van der Waals surface area contributed by atoms with Gasteiger partial charge in [0.2, 0.25) is 5.91 Å². The molecule has 9 heteroatoms. The van der Waals surface area contributed by atoms with E-state index >= 15 is 0 Å². The van der Waals surface area contributed by atoms with Gasteiger partial charge in [-0.25, -0.2) is 12.8 Å². The number of hydrogen-bond acceptors (Lipinski definition) is 5. The lowest BCUT2D eigenvalue weighted by Crippen LogP contribution is -2.44. The minimum atomic E-state index is -3.82. The second kappa shape index (κ2) is 8.16. The maximum atomic E-state index is 13.9. The molecular weight excluding hydrogens is 415 g/mol. The Labute approximate surface area is 173 Å². The smallest absolute Gasteiger partial charge is 0.255 e. The van der Waals surface area contributed by atoms with Crippen molar-refractivity contribution >= 4 is 39.1 Å². The van der Waals surface area contributed by atoms with Gasteiger partial charge in [0.1, 0.15) is 16.8 Å². The van der Waals surface area contributed by atoms with E-state index in [2.05, 4.69) is 5.32 Å². The van der Waals surface area contributed by atoms with Crippen molar-refractivity contribution in [2.75, 3.05) is 23.2 Å². The predicted octanol–water partition coefficient (Wildman–Crippen LogP) is 3.00. The first-order valence-corrected chi connectivity index (χ1v) is 11.9. The van der Waals surface area contributed by atoms with Crippen LogP contribution in [0.25, 0.3) is 0 Å². The lowest BCUT2D eigenvalue weighted by atomic mass is 10.1. The Morgan fingerprint density at radius 3 is 2.62 bits per heavy atom. The predicted molar refractivity (Wildman–Crippen MR) is 111 cm³/mol. The third kappa shape index (κ3) is 4.45. The first-order valence-electron chi connectivity index (χ1n) is 8.85. The topological polar surface area (TPSA) is 83.6 Å². The molecule has 0 unspecified atom stereocenters. The molecule has 0 bridgehead atoms. The number of anilines is 1. The molecule has 1 N–H and O–H groups in total. The molecule has 29 heavy (non-hydrogen) atoms. The zero-order valence-corrected chi connectivity index (χ0v) is 17.9. The Morgan fingerprint density at radius 1 is 1.21 bits per heavy atom. The Hall–Kier alpha value is -2.39. The highest BCUT2D eigenvalue weighted by molar-refractivity contribution is 7.99. The molecule has 0 aliphatic carbocycles. The summed E-state index contributed by atoms with van der Waals surface area (Å²) in [5.41, 5.74) is 2.69. The molecule has 1 fully saturated rings. The summed E-state index contributed by atoms with van der Waals surface area (Å²) in [6, 6.07) is 8.09. The van der Waals surface area contributed by atoms with E-state index in [4.69, 9.17) is 0 Å². The summed E-state index contributed by atoms with van der Waals surface area (Å²) in [6.45, 7) is 3.85. The Balaban J connectivity index is 1.84. The maximum Gasteiger partial charge on any atom is 0.255 e. The third-order valence-electron chi connectivity index (χ3n) is 4.89. The van der Waals surface area contributed by atoms with Gasteiger partial charge in [-0.1, -0.05) is 12.1 Å². The summed E-state index contributed by atoms with van der Waals surface area (Å²) in [5, 5.41) is 2.87. The molecule has 0 radical (unpaired) electrons. The average Bonchev–Trinajstić information content (AvgIpc) is 3.14. The highest BCUT2D eigenvalue weighted by Gasteiger charge is 2.35. The standard InChI is InChI=1S/C20H21FN2O4S2/c1-12-5-4-6-16(13(12)2)22-19(24)17-10-28-11-23(17)20(25)14-7-8-15(21)18(9-14)29(3,26)27/h4-9,17H,10-11H2,1-3H3,(H,22,24)/t17-/m0/s1. The molecule has 1 saturated heterocycles. The Bertz CT molecular complexity index is 1090. The quantitative estimate of drug-likeness (QED) is 0.797. The number of amides is 2. The van der Waals surface area contributed by atoms with Gasteiger partial charge in [0.05, 0.1) is 5.88 Å². The first kappa shape index (κ1) is 21.3. The average molecular weight is 437 g/mol. The fourth-order valence-electron chi connectivity index (χ4n) is 3.05. The lowest BCUT2D eigenvalue weighted by Gasteiger charge is -2.24. The Kier molecular flexibility index (Phi) is 6.00. The number of carbonyl (C=O) groups is 2. The number of benzene rings is 2. The summed E-state index contributed by atoms with van der Waals surface area (Å²) in [4.78, 5) is 26.6. The molecule has 2 aromatic rings. The number of aryl methyl sites for hydroxylation is 1. The van der Waals surface area contributed by atoms with Gasteiger partial charge in [0, 0.05) is 23.3 Å². The van der Waals surface area contributed by atoms with Gasteiger partial charge in [0.15, 0.2) is 9.84 Å². The number of carbonyl (C=O) groups excluding carboxylic acids is 2. The van der Waals surface area contributed by atoms with E-state index in [9.17, 15) is 22.4 Å². The van der Waals surface area contributed by atoms with Crippen molar-refractivity contribution in [3.8, 4) is 0 Å². The molecule has 3 rings (SSSR count). The largest absolute Gasteiger partial charge is 0.324 e. The molecule has 1 atom stereocenters. The number of nitrogens with zero attached hydrogens (tertiary/aromatic N) is 1. The number of rotatable bonds is 4. The van der Waals surface area contributed by atoms with Gasteiger partial charge >= 0.3 is 0 Å². The van der Waals surface area contributed by atoms with Gasteiger partial charge in [-0.3, -0.25) is 9.59 Å². The van der Waals surface area contributed by atoms with E-state index in [1.807, 2.05) is 26.0 Å². The number of nitrogens with one attached hydrogen (secondary N) is 1. The molecule has 2 aromatic carbocycles. The molecule has 1 heterocycles. The van der Waals surface area contributed by atoms with Crippen LogP contribution in [0.1, 0.15) is 21.5 Å².